The molecule has 0 saturated heterocycles. The van der Waals surface area contributed by atoms with E-state index in [4.69, 9.17) is 9.47 Å². The fourth-order valence-corrected chi connectivity index (χ4v) is 4.90. The van der Waals surface area contributed by atoms with Crippen LogP contribution in [0, 0.1) is 0 Å². The minimum absolute atomic E-state index is 0.0615. The minimum Gasteiger partial charge on any atom is -0.494 e. The van der Waals surface area contributed by atoms with E-state index in [0.717, 1.165) is 29.1 Å². The number of ether oxygens (including phenoxy) is 2. The lowest BCUT2D eigenvalue weighted by Gasteiger charge is -2.18. The van der Waals surface area contributed by atoms with Gasteiger partial charge in [0.05, 0.1) is 17.6 Å². The summed E-state index contributed by atoms with van der Waals surface area (Å²) in [6.07, 6.45) is 8.35. The number of aromatic nitrogens is 1. The summed E-state index contributed by atoms with van der Waals surface area (Å²) < 4.78 is 11.5. The van der Waals surface area contributed by atoms with E-state index in [1.54, 1.807) is 0 Å². The SMILES string of the molecule is CC(COc1ccc(Cc2sc(=O)[nH]c2O)cc1)NCC(O)COCCCCCCCCc1ccccc1. The summed E-state index contributed by atoms with van der Waals surface area (Å²) in [6.45, 7) is 3.97. The summed E-state index contributed by atoms with van der Waals surface area (Å²) in [5.41, 5.74) is 2.41. The highest BCUT2D eigenvalue weighted by Gasteiger charge is 2.10. The molecule has 3 aromatic rings. The molecule has 4 N–H and O–H groups in total. The highest BCUT2D eigenvalue weighted by molar-refractivity contribution is 7.09. The lowest BCUT2D eigenvalue weighted by atomic mass is 10.1. The zero-order valence-corrected chi connectivity index (χ0v) is 23.2. The predicted molar refractivity (Wildman–Crippen MR) is 153 cm³/mol. The van der Waals surface area contributed by atoms with E-state index < -0.39 is 6.10 Å². The number of aromatic hydroxyl groups is 1. The standard InChI is InChI=1S/C30H42N2O5S/c1-23(21-37-27-16-14-25(15-17-27)19-28-29(34)32-30(35)38-28)31-20-26(33)22-36-18-10-5-3-2-4-7-11-24-12-8-6-9-13-24/h6,8-9,12-17,23,26,31,33-34H,2-5,7,10-11,18-22H2,1H3,(H,32,35). The number of thiazole rings is 1. The van der Waals surface area contributed by atoms with Crippen LogP contribution in [0.5, 0.6) is 11.6 Å². The van der Waals surface area contributed by atoms with Gasteiger partial charge in [-0.3, -0.25) is 9.78 Å². The Bertz CT molecular complexity index is 1080. The van der Waals surface area contributed by atoms with E-state index in [0.29, 0.717) is 37.7 Å². The molecule has 0 bridgehead atoms. The average molecular weight is 543 g/mol. The van der Waals surface area contributed by atoms with Crippen LogP contribution in [0.3, 0.4) is 0 Å². The van der Waals surface area contributed by atoms with Crippen LogP contribution >= 0.6 is 11.3 Å². The first-order valence-electron chi connectivity index (χ1n) is 13.7. The lowest BCUT2D eigenvalue weighted by molar-refractivity contribution is 0.0336. The largest absolute Gasteiger partial charge is 0.494 e. The molecule has 1 heterocycles. The van der Waals surface area contributed by atoms with E-state index >= 15 is 0 Å². The van der Waals surface area contributed by atoms with E-state index in [2.05, 4.69) is 40.6 Å². The highest BCUT2D eigenvalue weighted by atomic mass is 32.1. The average Bonchev–Trinajstić information content (AvgIpc) is 3.24. The Morgan fingerprint density at radius 1 is 0.921 bits per heavy atom. The number of aromatic amines is 1. The number of hydrogen-bond acceptors (Lipinski definition) is 7. The third-order valence-electron chi connectivity index (χ3n) is 6.35. The van der Waals surface area contributed by atoms with Crippen molar-refractivity contribution in [3.63, 3.8) is 0 Å². The number of hydrogen-bond donors (Lipinski definition) is 4. The third kappa shape index (κ3) is 11.8. The second-order valence-electron chi connectivity index (χ2n) is 9.81. The van der Waals surface area contributed by atoms with Crippen LogP contribution in [0.15, 0.2) is 59.4 Å². The molecule has 7 nitrogen and oxygen atoms in total. The van der Waals surface area contributed by atoms with Gasteiger partial charge in [-0.25, -0.2) is 0 Å². The van der Waals surface area contributed by atoms with Gasteiger partial charge in [0.15, 0.2) is 0 Å². The van der Waals surface area contributed by atoms with Crippen LogP contribution < -0.4 is 14.9 Å². The molecule has 3 rings (SSSR count). The van der Waals surface area contributed by atoms with Gasteiger partial charge in [0, 0.05) is 25.6 Å². The van der Waals surface area contributed by atoms with Crippen molar-refractivity contribution in [1.82, 2.24) is 10.3 Å². The molecule has 0 amide bonds. The van der Waals surface area contributed by atoms with Crippen LogP contribution in [0.4, 0.5) is 0 Å². The molecule has 2 aromatic carbocycles. The Morgan fingerprint density at radius 2 is 1.63 bits per heavy atom. The second-order valence-corrected chi connectivity index (χ2v) is 10.9. The van der Waals surface area contributed by atoms with Gasteiger partial charge >= 0.3 is 4.87 Å². The molecule has 0 aliphatic rings. The molecule has 0 saturated carbocycles. The smallest absolute Gasteiger partial charge is 0.307 e. The summed E-state index contributed by atoms with van der Waals surface area (Å²) in [5, 5.41) is 23.2. The molecule has 1 aromatic heterocycles. The molecule has 0 aliphatic carbocycles. The maximum Gasteiger partial charge on any atom is 0.307 e. The number of rotatable bonds is 19. The maximum atomic E-state index is 11.3. The molecular formula is C30H42N2O5S. The maximum absolute atomic E-state index is 11.3. The summed E-state index contributed by atoms with van der Waals surface area (Å²) >= 11 is 1.02. The van der Waals surface area contributed by atoms with E-state index in [-0.39, 0.29) is 16.8 Å². The van der Waals surface area contributed by atoms with Gasteiger partial charge in [0.2, 0.25) is 5.88 Å². The molecule has 2 atom stereocenters. The second kappa shape index (κ2) is 17.0. The first-order valence-corrected chi connectivity index (χ1v) is 14.5. The third-order valence-corrected chi connectivity index (χ3v) is 7.22. The summed E-state index contributed by atoms with van der Waals surface area (Å²) in [4.78, 5) is 14.1. The quantitative estimate of drug-likeness (QED) is 0.158. The van der Waals surface area contributed by atoms with Crippen LogP contribution in [0.25, 0.3) is 0 Å². The fourth-order valence-electron chi connectivity index (χ4n) is 4.14. The zero-order valence-electron chi connectivity index (χ0n) is 22.4. The van der Waals surface area contributed by atoms with E-state index in [9.17, 15) is 15.0 Å². The van der Waals surface area contributed by atoms with Gasteiger partial charge in [-0.1, -0.05) is 79.5 Å². The number of H-pyrrole nitrogens is 1. The molecule has 208 valence electrons. The predicted octanol–water partition coefficient (Wildman–Crippen LogP) is 5.05. The van der Waals surface area contributed by atoms with Crippen LogP contribution in [0.2, 0.25) is 0 Å². The monoisotopic (exact) mass is 542 g/mol. The van der Waals surface area contributed by atoms with Crippen molar-refractivity contribution in [3.8, 4) is 11.6 Å². The first-order chi connectivity index (χ1) is 18.5. The Kier molecular flexibility index (Phi) is 13.4. The van der Waals surface area contributed by atoms with Crippen LogP contribution in [0.1, 0.15) is 61.5 Å². The van der Waals surface area contributed by atoms with Crippen molar-refractivity contribution in [2.24, 2.45) is 0 Å². The summed E-state index contributed by atoms with van der Waals surface area (Å²) in [5.74, 6) is 0.683. The normalized spacial score (nSPS) is 12.9. The molecule has 0 radical (unpaired) electrons. The van der Waals surface area contributed by atoms with Crippen LogP contribution in [-0.2, 0) is 17.6 Å². The van der Waals surface area contributed by atoms with Gasteiger partial charge in [-0.05, 0) is 49.4 Å². The van der Waals surface area contributed by atoms with Crippen molar-refractivity contribution in [2.45, 2.75) is 70.4 Å². The molecule has 0 fully saturated rings. The number of aryl methyl sites for hydroxylation is 1. The van der Waals surface area contributed by atoms with Crippen molar-refractivity contribution < 1.29 is 19.7 Å². The number of nitrogens with one attached hydrogen (secondary N) is 2. The van der Waals surface area contributed by atoms with Crippen molar-refractivity contribution in [1.29, 1.82) is 0 Å². The molecule has 0 aliphatic heterocycles. The molecule has 2 unspecified atom stereocenters. The van der Waals surface area contributed by atoms with Gasteiger partial charge in [-0.15, -0.1) is 0 Å². The van der Waals surface area contributed by atoms with Gasteiger partial charge in [-0.2, -0.15) is 0 Å². The topological polar surface area (TPSA) is 104 Å². The molecule has 0 spiro atoms. The molecule has 8 heteroatoms. The van der Waals surface area contributed by atoms with Crippen LogP contribution in [-0.4, -0.2) is 53.7 Å². The number of aliphatic hydroxyl groups excluding tert-OH is 1. The summed E-state index contributed by atoms with van der Waals surface area (Å²) in [7, 11) is 0. The summed E-state index contributed by atoms with van der Waals surface area (Å²) in [6, 6.07) is 18.3. The van der Waals surface area contributed by atoms with Gasteiger partial charge in [0.25, 0.3) is 0 Å². The number of aliphatic hydroxyl groups is 1. The van der Waals surface area contributed by atoms with Crippen molar-refractivity contribution >= 4 is 11.3 Å². The first kappa shape index (κ1) is 29.9. The Labute approximate surface area is 229 Å². The number of benzene rings is 2. The molecule has 38 heavy (non-hydrogen) atoms. The molecular weight excluding hydrogens is 500 g/mol. The van der Waals surface area contributed by atoms with E-state index in [1.807, 2.05) is 31.2 Å². The Hall–Kier alpha value is -2.65. The van der Waals surface area contributed by atoms with Gasteiger partial charge < -0.3 is 25.0 Å². The van der Waals surface area contributed by atoms with Gasteiger partial charge in [0.1, 0.15) is 12.4 Å². The lowest BCUT2D eigenvalue weighted by Crippen LogP contribution is -2.39. The Morgan fingerprint density at radius 3 is 2.34 bits per heavy atom. The van der Waals surface area contributed by atoms with E-state index in [1.165, 1.54) is 44.1 Å². The number of unbranched alkanes of at least 4 members (excludes halogenated alkanes) is 5. The minimum atomic E-state index is -0.546. The fraction of sp³-hybridized carbons (Fsp3) is 0.500. The van der Waals surface area contributed by atoms with Crippen molar-refractivity contribution in [3.05, 3.63) is 80.3 Å². The Balaban J connectivity index is 1.15. The van der Waals surface area contributed by atoms with Crippen molar-refractivity contribution in [2.75, 3.05) is 26.4 Å². The highest BCUT2D eigenvalue weighted by Crippen LogP contribution is 2.21. The zero-order chi connectivity index (χ0) is 27.0.